The van der Waals surface area contributed by atoms with Gasteiger partial charge in [0.05, 0.1) is 24.2 Å². The van der Waals surface area contributed by atoms with Crippen molar-refractivity contribution >= 4 is 17.8 Å². The lowest BCUT2D eigenvalue weighted by molar-refractivity contribution is -0.160. The quantitative estimate of drug-likeness (QED) is 0.565. The number of benzene rings is 1. The lowest BCUT2D eigenvalue weighted by Gasteiger charge is -2.40. The number of hydrogen-bond donors (Lipinski definition) is 2. The van der Waals surface area contributed by atoms with E-state index < -0.39 is 53.6 Å². The van der Waals surface area contributed by atoms with E-state index in [9.17, 15) is 24.6 Å². The molecule has 1 aromatic carbocycles. The van der Waals surface area contributed by atoms with Crippen LogP contribution >= 0.6 is 0 Å². The molecule has 3 fully saturated rings. The first kappa shape index (κ1) is 24.4. The molecular weight excluding hydrogens is 436 g/mol. The van der Waals surface area contributed by atoms with Crippen molar-refractivity contribution in [2.24, 2.45) is 17.8 Å². The van der Waals surface area contributed by atoms with E-state index in [0.29, 0.717) is 12.0 Å². The van der Waals surface area contributed by atoms with Crippen molar-refractivity contribution < 1.29 is 29.3 Å². The van der Waals surface area contributed by atoms with Crippen LogP contribution in [0.4, 0.5) is 0 Å². The number of carboxylic acids is 1. The zero-order valence-electron chi connectivity index (χ0n) is 20.2. The average Bonchev–Trinajstić information content (AvgIpc) is 3.30. The van der Waals surface area contributed by atoms with E-state index in [1.807, 2.05) is 26.8 Å². The molecular formula is C26H34N2O6. The number of carboxylic acid groups (broad SMARTS) is 1. The van der Waals surface area contributed by atoms with Gasteiger partial charge in [-0.05, 0) is 38.7 Å². The number of amides is 2. The Morgan fingerprint density at radius 2 is 1.97 bits per heavy atom. The normalized spacial score (nSPS) is 34.9. The van der Waals surface area contributed by atoms with Crippen LogP contribution < -0.4 is 0 Å². The Bertz CT molecular complexity index is 996. The lowest BCUT2D eigenvalue weighted by atomic mass is 9.62. The highest BCUT2D eigenvalue weighted by molar-refractivity contribution is 5.98. The van der Waals surface area contributed by atoms with E-state index in [0.717, 1.165) is 0 Å². The van der Waals surface area contributed by atoms with E-state index in [2.05, 4.69) is 6.58 Å². The number of aliphatic carboxylic acids is 1. The molecule has 0 radical (unpaired) electrons. The molecule has 8 nitrogen and oxygen atoms in total. The molecule has 8 heteroatoms. The van der Waals surface area contributed by atoms with Gasteiger partial charge in [-0.1, -0.05) is 43.3 Å². The van der Waals surface area contributed by atoms with Crippen LogP contribution in [-0.2, 0) is 19.1 Å². The summed E-state index contributed by atoms with van der Waals surface area (Å²) in [7, 11) is 0. The van der Waals surface area contributed by atoms with Gasteiger partial charge in [-0.15, -0.1) is 6.58 Å². The largest absolute Gasteiger partial charge is 0.481 e. The van der Waals surface area contributed by atoms with Gasteiger partial charge in [0, 0.05) is 12.6 Å². The smallest absolute Gasteiger partial charge is 0.310 e. The van der Waals surface area contributed by atoms with E-state index in [1.54, 1.807) is 42.2 Å². The summed E-state index contributed by atoms with van der Waals surface area (Å²) in [5, 5.41) is 20.6. The van der Waals surface area contributed by atoms with Crippen molar-refractivity contribution in [3.05, 3.63) is 48.6 Å². The van der Waals surface area contributed by atoms with Gasteiger partial charge in [0.1, 0.15) is 17.6 Å². The number of nitrogens with zero attached hydrogens (tertiary/aromatic N) is 2. The third kappa shape index (κ3) is 3.22. The monoisotopic (exact) mass is 470 g/mol. The first-order chi connectivity index (χ1) is 16.0. The van der Waals surface area contributed by atoms with Gasteiger partial charge in [-0.25, -0.2) is 0 Å². The number of aliphatic hydroxyl groups excluding tert-OH is 1. The van der Waals surface area contributed by atoms with Crippen LogP contribution in [0.1, 0.15) is 45.7 Å². The van der Waals surface area contributed by atoms with Gasteiger partial charge in [0.15, 0.2) is 0 Å². The second-order valence-corrected chi connectivity index (χ2v) is 10.3. The fourth-order valence-electron chi connectivity index (χ4n) is 6.55. The minimum Gasteiger partial charge on any atom is -0.481 e. The molecule has 2 amide bonds. The standard InChI is InChI=1S/C26H34N2O6/c1-6-12-27(15(2)3)23(31)21-26-13-16(4)25(5,34-26)20(24(32)33)19(26)22(30)28(21)18(14-29)17-10-8-7-9-11-17/h6-11,15-16,18-21,29H,1,12-14H2,2-5H3,(H,32,33)/t16?,18-,19+,20+,21?,25-,26?/m1/s1. The number of aliphatic hydroxyl groups is 1. The van der Waals surface area contributed by atoms with Crippen LogP contribution in [0.25, 0.3) is 0 Å². The van der Waals surface area contributed by atoms with Crippen LogP contribution in [0.15, 0.2) is 43.0 Å². The summed E-state index contributed by atoms with van der Waals surface area (Å²) in [6.07, 6.45) is 2.02. The number of fused-ring (bicyclic) bond motifs is 1. The van der Waals surface area contributed by atoms with Crippen molar-refractivity contribution in [2.75, 3.05) is 13.2 Å². The summed E-state index contributed by atoms with van der Waals surface area (Å²) in [4.78, 5) is 43.7. The van der Waals surface area contributed by atoms with Crippen molar-refractivity contribution in [3.8, 4) is 0 Å². The molecule has 1 spiro atoms. The first-order valence-electron chi connectivity index (χ1n) is 11.9. The number of likely N-dealkylation sites (tertiary alicyclic amines) is 1. The molecule has 4 rings (SSSR count). The van der Waals surface area contributed by atoms with Crippen LogP contribution in [0.2, 0.25) is 0 Å². The van der Waals surface area contributed by atoms with Crippen LogP contribution in [0, 0.1) is 17.8 Å². The molecule has 1 aromatic rings. The second kappa shape index (κ2) is 8.50. The minimum atomic E-state index is -1.28. The molecule has 2 bridgehead atoms. The summed E-state index contributed by atoms with van der Waals surface area (Å²) in [6.45, 7) is 11.1. The fourth-order valence-corrected chi connectivity index (χ4v) is 6.55. The Balaban J connectivity index is 1.91. The summed E-state index contributed by atoms with van der Waals surface area (Å²) in [6, 6.07) is 6.99. The molecule has 3 saturated heterocycles. The molecule has 0 saturated carbocycles. The van der Waals surface area contributed by atoms with Gasteiger partial charge in [0.25, 0.3) is 0 Å². The van der Waals surface area contributed by atoms with E-state index >= 15 is 0 Å². The molecule has 34 heavy (non-hydrogen) atoms. The zero-order valence-corrected chi connectivity index (χ0v) is 20.2. The number of carbonyl (C=O) groups is 3. The third-order valence-corrected chi connectivity index (χ3v) is 8.18. The number of carbonyl (C=O) groups excluding carboxylic acids is 2. The van der Waals surface area contributed by atoms with Crippen molar-refractivity contribution in [2.45, 2.75) is 63.4 Å². The SMILES string of the molecule is C=CCN(C(=O)C1N([C@H](CO)c2ccccc2)C(=O)[C@@H]2[C@@H](C(=O)O)[C@]3(C)OC12CC3C)C(C)C. The molecule has 3 aliphatic heterocycles. The molecule has 0 aliphatic carbocycles. The van der Waals surface area contributed by atoms with E-state index in [-0.39, 0.29) is 24.4 Å². The molecule has 3 aliphatic rings. The van der Waals surface area contributed by atoms with Crippen molar-refractivity contribution in [1.82, 2.24) is 9.80 Å². The summed E-state index contributed by atoms with van der Waals surface area (Å²) >= 11 is 0. The molecule has 3 unspecified atom stereocenters. The Morgan fingerprint density at radius 3 is 2.50 bits per heavy atom. The maximum atomic E-state index is 14.2. The summed E-state index contributed by atoms with van der Waals surface area (Å²) < 4.78 is 6.53. The molecule has 7 atom stereocenters. The highest BCUT2D eigenvalue weighted by Gasteiger charge is 2.80. The average molecular weight is 471 g/mol. The molecule has 3 heterocycles. The second-order valence-electron chi connectivity index (χ2n) is 10.3. The number of rotatable bonds is 8. The summed E-state index contributed by atoms with van der Waals surface area (Å²) in [5.74, 6) is -4.12. The Kier molecular flexibility index (Phi) is 6.10. The number of ether oxygens (including phenoxy) is 1. The zero-order chi connectivity index (χ0) is 25.0. The maximum absolute atomic E-state index is 14.2. The lowest BCUT2D eigenvalue weighted by Crippen LogP contribution is -2.58. The van der Waals surface area contributed by atoms with Crippen molar-refractivity contribution in [3.63, 3.8) is 0 Å². The topological polar surface area (TPSA) is 107 Å². The molecule has 0 aromatic heterocycles. The fraction of sp³-hybridized carbons (Fsp3) is 0.577. The minimum absolute atomic E-state index is 0.163. The van der Waals surface area contributed by atoms with Crippen LogP contribution in [-0.4, -0.2) is 74.2 Å². The highest BCUT2D eigenvalue weighted by Crippen LogP contribution is 2.66. The Hall–Kier alpha value is -2.71. The van der Waals surface area contributed by atoms with Gasteiger partial charge >= 0.3 is 5.97 Å². The van der Waals surface area contributed by atoms with Crippen LogP contribution in [0.5, 0.6) is 0 Å². The van der Waals surface area contributed by atoms with E-state index in [1.165, 1.54) is 4.90 Å². The predicted molar refractivity (Wildman–Crippen MR) is 125 cm³/mol. The Morgan fingerprint density at radius 1 is 1.32 bits per heavy atom. The van der Waals surface area contributed by atoms with Gasteiger partial charge in [0.2, 0.25) is 11.8 Å². The first-order valence-corrected chi connectivity index (χ1v) is 11.9. The predicted octanol–water partition coefficient (Wildman–Crippen LogP) is 2.24. The van der Waals surface area contributed by atoms with Gasteiger partial charge in [-0.2, -0.15) is 0 Å². The number of hydrogen-bond acceptors (Lipinski definition) is 5. The Labute approximate surface area is 200 Å². The molecule has 2 N–H and O–H groups in total. The third-order valence-electron chi connectivity index (χ3n) is 8.18. The van der Waals surface area contributed by atoms with Gasteiger partial charge in [-0.3, -0.25) is 14.4 Å². The van der Waals surface area contributed by atoms with Gasteiger partial charge < -0.3 is 24.7 Å². The van der Waals surface area contributed by atoms with E-state index in [4.69, 9.17) is 4.74 Å². The van der Waals surface area contributed by atoms with Crippen molar-refractivity contribution in [1.29, 1.82) is 0 Å². The molecule has 184 valence electrons. The summed E-state index contributed by atoms with van der Waals surface area (Å²) in [5.41, 5.74) is -1.66. The maximum Gasteiger partial charge on any atom is 0.310 e. The van der Waals surface area contributed by atoms with Crippen LogP contribution in [0.3, 0.4) is 0 Å². The highest BCUT2D eigenvalue weighted by atomic mass is 16.5.